The van der Waals surface area contributed by atoms with Crippen molar-refractivity contribution in [3.05, 3.63) is 48.5 Å². The number of hydrogen-bond acceptors (Lipinski definition) is 6. The number of anilines is 1. The number of benzene rings is 2. The summed E-state index contributed by atoms with van der Waals surface area (Å²) >= 11 is 0. The number of halogens is 3. The number of hydrogen-bond donors (Lipinski definition) is 1. The van der Waals surface area contributed by atoms with Gasteiger partial charge < -0.3 is 9.47 Å². The van der Waals surface area contributed by atoms with Crippen LogP contribution in [-0.2, 0) is 10.0 Å². The molecular weight excluding hydrogens is 387 g/mol. The molecule has 0 saturated heterocycles. The Kier molecular flexibility index (Phi) is 4.79. The Hall–Kier alpha value is -3.08. The van der Waals surface area contributed by atoms with Crippen LogP contribution in [0.3, 0.4) is 0 Å². The van der Waals surface area contributed by atoms with E-state index in [1.54, 1.807) is 24.3 Å². The Labute approximate surface area is 151 Å². The molecule has 7 nitrogen and oxygen atoms in total. The highest BCUT2D eigenvalue weighted by molar-refractivity contribution is 7.93. The quantitative estimate of drug-likeness (QED) is 0.704. The third-order valence-corrected chi connectivity index (χ3v) is 4.44. The summed E-state index contributed by atoms with van der Waals surface area (Å²) in [5.41, 5.74) is -4.52. The van der Waals surface area contributed by atoms with Gasteiger partial charge in [-0.15, -0.1) is 0 Å². The molecule has 0 aliphatic heterocycles. The van der Waals surface area contributed by atoms with Gasteiger partial charge in [0.15, 0.2) is 0 Å². The molecule has 0 atom stereocenters. The third kappa shape index (κ3) is 4.03. The van der Waals surface area contributed by atoms with Crippen molar-refractivity contribution >= 4 is 26.7 Å². The first-order valence-corrected chi connectivity index (χ1v) is 8.86. The minimum Gasteiger partial charge on any atom is -0.477 e. The highest BCUT2D eigenvalue weighted by atomic mass is 32.2. The van der Waals surface area contributed by atoms with Gasteiger partial charge in [-0.25, -0.2) is 9.97 Å². The van der Waals surface area contributed by atoms with Gasteiger partial charge in [-0.1, -0.05) is 12.1 Å². The van der Waals surface area contributed by atoms with Crippen LogP contribution in [0.2, 0.25) is 0 Å². The topological polar surface area (TPSA) is 90.4 Å². The maximum absolute atomic E-state index is 12.4. The van der Waals surface area contributed by atoms with E-state index in [1.165, 1.54) is 24.0 Å². The van der Waals surface area contributed by atoms with Crippen LogP contribution in [0.4, 0.5) is 18.9 Å². The summed E-state index contributed by atoms with van der Waals surface area (Å²) in [6, 6.07) is 11.8. The van der Waals surface area contributed by atoms with Crippen molar-refractivity contribution in [1.82, 2.24) is 9.97 Å². The summed E-state index contributed by atoms with van der Waals surface area (Å²) in [5.74, 6) is 0.378. The van der Waals surface area contributed by atoms with Gasteiger partial charge in [-0.05, 0) is 36.4 Å². The largest absolute Gasteiger partial charge is 0.516 e. The van der Waals surface area contributed by atoms with Gasteiger partial charge in [-0.3, -0.25) is 4.72 Å². The summed E-state index contributed by atoms with van der Waals surface area (Å²) in [6.45, 7) is 0. The molecule has 1 aromatic heterocycles. The van der Waals surface area contributed by atoms with E-state index < -0.39 is 15.5 Å². The minimum absolute atomic E-state index is 0.0554. The van der Waals surface area contributed by atoms with E-state index in [0.29, 0.717) is 11.0 Å². The number of para-hydroxylation sites is 2. The number of methoxy groups -OCH3 is 1. The van der Waals surface area contributed by atoms with E-state index >= 15 is 0 Å². The normalized spacial score (nSPS) is 12.0. The summed E-state index contributed by atoms with van der Waals surface area (Å²) in [7, 11) is -4.10. The average Bonchev–Trinajstić information content (AvgIpc) is 2.61. The van der Waals surface area contributed by atoms with Gasteiger partial charge in [0.05, 0.1) is 18.1 Å². The molecule has 1 N–H and O–H groups in total. The van der Waals surface area contributed by atoms with Gasteiger partial charge in [0.25, 0.3) is 11.8 Å². The van der Waals surface area contributed by atoms with Crippen molar-refractivity contribution in [2.24, 2.45) is 0 Å². The fraction of sp³-hybridized carbons (Fsp3) is 0.125. The second-order valence-electron chi connectivity index (χ2n) is 5.20. The van der Waals surface area contributed by atoms with E-state index in [9.17, 15) is 21.6 Å². The van der Waals surface area contributed by atoms with Crippen LogP contribution in [0.25, 0.3) is 11.0 Å². The van der Waals surface area contributed by atoms with Crippen LogP contribution in [-0.4, -0.2) is 31.0 Å². The Morgan fingerprint density at radius 3 is 2.00 bits per heavy atom. The number of nitrogens with one attached hydrogen (secondary N) is 1. The van der Waals surface area contributed by atoms with Crippen molar-refractivity contribution in [2.45, 2.75) is 5.51 Å². The molecule has 27 heavy (non-hydrogen) atoms. The predicted octanol–water partition coefficient (Wildman–Crippen LogP) is 3.69. The number of ether oxygens (including phenoxy) is 2. The van der Waals surface area contributed by atoms with Crippen LogP contribution < -0.4 is 14.2 Å². The van der Waals surface area contributed by atoms with E-state index in [2.05, 4.69) is 9.97 Å². The SMILES string of the molecule is COc1nc2ccccc2nc1Oc1ccc(NS(=O)(=O)C(F)(F)F)cc1. The molecule has 0 aliphatic carbocycles. The molecule has 0 fully saturated rings. The maximum atomic E-state index is 12.4. The second kappa shape index (κ2) is 6.91. The Morgan fingerprint density at radius 2 is 1.48 bits per heavy atom. The molecule has 3 aromatic rings. The van der Waals surface area contributed by atoms with Crippen LogP contribution >= 0.6 is 0 Å². The van der Waals surface area contributed by atoms with Gasteiger partial charge in [0.1, 0.15) is 5.75 Å². The Morgan fingerprint density at radius 1 is 0.926 bits per heavy atom. The number of aromatic nitrogens is 2. The first kappa shape index (κ1) is 18.7. The van der Waals surface area contributed by atoms with E-state index in [-0.39, 0.29) is 23.2 Å². The van der Waals surface area contributed by atoms with E-state index in [4.69, 9.17) is 9.47 Å². The summed E-state index contributed by atoms with van der Waals surface area (Å²) in [6.07, 6.45) is 0. The number of nitrogens with zero attached hydrogens (tertiary/aromatic N) is 2. The lowest BCUT2D eigenvalue weighted by atomic mass is 10.3. The zero-order chi connectivity index (χ0) is 19.7. The van der Waals surface area contributed by atoms with E-state index in [0.717, 1.165) is 12.1 Å². The van der Waals surface area contributed by atoms with Crippen molar-refractivity contribution in [2.75, 3.05) is 11.8 Å². The number of alkyl halides is 3. The Bertz CT molecular complexity index is 1070. The van der Waals surface area contributed by atoms with E-state index in [1.807, 2.05) is 0 Å². The molecule has 142 valence electrons. The van der Waals surface area contributed by atoms with Crippen molar-refractivity contribution in [1.29, 1.82) is 0 Å². The summed E-state index contributed by atoms with van der Waals surface area (Å²) in [5, 5.41) is 0. The lowest BCUT2D eigenvalue weighted by Crippen LogP contribution is -2.29. The summed E-state index contributed by atoms with van der Waals surface area (Å²) < 4.78 is 71.5. The zero-order valence-corrected chi connectivity index (χ0v) is 14.5. The predicted molar refractivity (Wildman–Crippen MR) is 91.2 cm³/mol. The van der Waals surface area contributed by atoms with Gasteiger partial charge in [-0.2, -0.15) is 21.6 Å². The fourth-order valence-corrected chi connectivity index (χ4v) is 2.64. The van der Waals surface area contributed by atoms with Gasteiger partial charge in [0.2, 0.25) is 0 Å². The van der Waals surface area contributed by atoms with Crippen molar-refractivity contribution in [3.8, 4) is 17.5 Å². The molecule has 0 radical (unpaired) electrons. The molecule has 0 saturated carbocycles. The average molecular weight is 399 g/mol. The molecule has 0 bridgehead atoms. The minimum atomic E-state index is -5.49. The molecule has 11 heteroatoms. The van der Waals surface area contributed by atoms with Gasteiger partial charge in [0, 0.05) is 5.69 Å². The van der Waals surface area contributed by atoms with Crippen molar-refractivity contribution in [3.63, 3.8) is 0 Å². The fourth-order valence-electron chi connectivity index (χ4n) is 2.08. The molecule has 3 rings (SSSR count). The monoisotopic (exact) mass is 399 g/mol. The molecule has 0 amide bonds. The number of sulfonamides is 1. The smallest absolute Gasteiger partial charge is 0.477 e. The van der Waals surface area contributed by atoms with Crippen LogP contribution in [0.1, 0.15) is 0 Å². The summed E-state index contributed by atoms with van der Waals surface area (Å²) in [4.78, 5) is 8.54. The Balaban J connectivity index is 1.84. The molecule has 0 unspecified atom stereocenters. The maximum Gasteiger partial charge on any atom is 0.516 e. The first-order chi connectivity index (χ1) is 12.7. The lowest BCUT2D eigenvalue weighted by molar-refractivity contribution is -0.0429. The van der Waals surface area contributed by atoms with Crippen LogP contribution in [0.5, 0.6) is 17.5 Å². The zero-order valence-electron chi connectivity index (χ0n) is 13.7. The highest BCUT2D eigenvalue weighted by Crippen LogP contribution is 2.31. The van der Waals surface area contributed by atoms with Crippen LogP contribution in [0, 0.1) is 0 Å². The number of fused-ring (bicyclic) bond motifs is 1. The van der Waals surface area contributed by atoms with Gasteiger partial charge >= 0.3 is 15.5 Å². The molecule has 0 spiro atoms. The van der Waals surface area contributed by atoms with Crippen LogP contribution in [0.15, 0.2) is 48.5 Å². The first-order valence-electron chi connectivity index (χ1n) is 7.37. The molecular formula is C16H12F3N3O4S. The lowest BCUT2D eigenvalue weighted by Gasteiger charge is -2.12. The molecule has 0 aliphatic rings. The third-order valence-electron chi connectivity index (χ3n) is 3.33. The highest BCUT2D eigenvalue weighted by Gasteiger charge is 2.46. The standard InChI is InChI=1S/C16H12F3N3O4S/c1-25-14-15(21-13-5-3-2-4-12(13)20-14)26-11-8-6-10(7-9-11)22-27(23,24)16(17,18)19/h2-9,22H,1H3. The molecule has 1 heterocycles. The number of rotatable bonds is 5. The van der Waals surface area contributed by atoms with Crippen molar-refractivity contribution < 1.29 is 31.1 Å². The molecule has 2 aromatic carbocycles. The second-order valence-corrected chi connectivity index (χ2v) is 6.88.